The molecule has 2 heterocycles. The van der Waals surface area contributed by atoms with E-state index in [4.69, 9.17) is 25.7 Å². The first-order chi connectivity index (χ1) is 24.8. The van der Waals surface area contributed by atoms with Crippen molar-refractivity contribution in [2.75, 3.05) is 40.5 Å². The number of fused-ring (bicyclic) bond motifs is 2. The van der Waals surface area contributed by atoms with E-state index in [1.807, 2.05) is 6.92 Å². The number of methoxy groups -OCH3 is 1. The summed E-state index contributed by atoms with van der Waals surface area (Å²) in [6, 6.07) is -0.560. The van der Waals surface area contributed by atoms with Gasteiger partial charge in [-0.2, -0.15) is 0 Å². The van der Waals surface area contributed by atoms with Gasteiger partial charge in [0.1, 0.15) is 35.5 Å². The van der Waals surface area contributed by atoms with E-state index in [2.05, 4.69) is 15.6 Å². The Balaban J connectivity index is 1.41. The van der Waals surface area contributed by atoms with E-state index < -0.39 is 109 Å². The number of guanidine groups is 1. The number of hydrogen-bond donors (Lipinski definition) is 11. The Kier molecular flexibility index (Phi) is 13.7. The van der Waals surface area contributed by atoms with E-state index in [-0.39, 0.29) is 62.0 Å². The van der Waals surface area contributed by atoms with Gasteiger partial charge >= 0.3 is 0 Å². The lowest BCUT2D eigenvalue weighted by Crippen LogP contribution is -2.69. The predicted molar refractivity (Wildman–Crippen MR) is 185 cm³/mol. The minimum atomic E-state index is -2.03. The molecule has 18 atom stereocenters. The summed E-state index contributed by atoms with van der Waals surface area (Å²) in [5, 5.41) is 83.2. The second-order valence-electron chi connectivity index (χ2n) is 15.8. The van der Waals surface area contributed by atoms with Crippen LogP contribution >= 0.6 is 0 Å². The van der Waals surface area contributed by atoms with Gasteiger partial charge < -0.3 is 72.1 Å². The number of piperidine rings is 1. The molecule has 298 valence electrons. The highest BCUT2D eigenvalue weighted by Gasteiger charge is 2.64. The summed E-state index contributed by atoms with van der Waals surface area (Å²) >= 11 is 0. The summed E-state index contributed by atoms with van der Waals surface area (Å²) in [6.45, 7) is 1.19. The molecule has 17 nitrogen and oxygen atoms in total. The molecule has 3 aliphatic carbocycles. The van der Waals surface area contributed by atoms with Crippen molar-refractivity contribution in [3.63, 3.8) is 0 Å². The second-order valence-corrected chi connectivity index (χ2v) is 15.8. The van der Waals surface area contributed by atoms with Crippen LogP contribution in [0.25, 0.3) is 0 Å². The fourth-order valence-electron chi connectivity index (χ4n) is 10.2. The molecular formula is C35H61N5O12. The summed E-state index contributed by atoms with van der Waals surface area (Å²) in [4.78, 5) is 33.1. The van der Waals surface area contributed by atoms with Crippen molar-refractivity contribution in [1.82, 2.24) is 10.6 Å². The molecule has 5 fully saturated rings. The normalized spacial score (nSPS) is 46.3. The molecule has 0 amide bonds. The average Bonchev–Trinajstić information content (AvgIpc) is 3.12. The van der Waals surface area contributed by atoms with E-state index in [0.29, 0.717) is 19.4 Å². The number of hydrogen-bond acceptors (Lipinski definition) is 15. The molecule has 0 bridgehead atoms. The van der Waals surface area contributed by atoms with Crippen molar-refractivity contribution in [3.05, 3.63) is 0 Å². The lowest BCUT2D eigenvalue weighted by Gasteiger charge is -2.55. The minimum Gasteiger partial charge on any atom is -0.396 e. The van der Waals surface area contributed by atoms with Crippen LogP contribution < -0.4 is 22.1 Å². The number of nitrogens with zero attached hydrogens (tertiary/aromatic N) is 1. The summed E-state index contributed by atoms with van der Waals surface area (Å²) in [5.41, 5.74) is 9.97. The molecule has 2 aliphatic heterocycles. The fraction of sp³-hybridized carbons (Fsp3) is 0.914. The highest BCUT2D eigenvalue weighted by Crippen LogP contribution is 2.53. The standard InChI is InChI=1S/C35H61N5O12/c1-15-10-17-26(29(45)24(15)19(6-9-41)40-34(37)38-2)30(46)27-21(12-20(50-3)18(13-42)25(27)28(17)44)51-33-31(47)32(48)35(49,22(14-43)52-33)7-4-16-5-8-39-23(36)11-16/h15-27,29,31-33,39,41-43,45,47-49H,4-14,36H2,1-3H3,(H3,37,38,40). The number of rotatable bonds is 12. The number of nitrogens with two attached hydrogens (primary N) is 2. The Morgan fingerprint density at radius 1 is 1.06 bits per heavy atom. The van der Waals surface area contributed by atoms with Gasteiger partial charge in [-0.25, -0.2) is 0 Å². The predicted octanol–water partition coefficient (Wildman–Crippen LogP) is -3.45. The molecule has 0 aromatic carbocycles. The van der Waals surface area contributed by atoms with Gasteiger partial charge in [0.05, 0.1) is 42.9 Å². The van der Waals surface area contributed by atoms with Crippen molar-refractivity contribution in [2.45, 2.75) is 113 Å². The zero-order chi connectivity index (χ0) is 38.1. The van der Waals surface area contributed by atoms with Gasteiger partial charge in [-0.3, -0.25) is 14.6 Å². The van der Waals surface area contributed by atoms with E-state index in [9.17, 15) is 45.3 Å². The summed E-state index contributed by atoms with van der Waals surface area (Å²) in [7, 11) is 2.92. The maximum atomic E-state index is 14.7. The number of carbonyl (C=O) groups is 2. The molecule has 3 saturated carbocycles. The number of carbonyl (C=O) groups excluding carboxylic acids is 2. The maximum absolute atomic E-state index is 14.7. The molecular weight excluding hydrogens is 682 g/mol. The third-order valence-electron chi connectivity index (χ3n) is 13.0. The summed E-state index contributed by atoms with van der Waals surface area (Å²) < 4.78 is 18.0. The van der Waals surface area contributed by atoms with Crippen LogP contribution in [0.3, 0.4) is 0 Å². The number of aliphatic hydroxyl groups excluding tert-OH is 6. The van der Waals surface area contributed by atoms with Crippen molar-refractivity contribution in [3.8, 4) is 0 Å². The van der Waals surface area contributed by atoms with Gasteiger partial charge in [-0.1, -0.05) is 6.92 Å². The summed E-state index contributed by atoms with van der Waals surface area (Å²) in [5.74, 6) is -6.34. The largest absolute Gasteiger partial charge is 0.396 e. The molecule has 52 heavy (non-hydrogen) atoms. The first-order valence-corrected chi connectivity index (χ1v) is 18.7. The maximum Gasteiger partial charge on any atom is 0.188 e. The molecule has 13 N–H and O–H groups in total. The van der Waals surface area contributed by atoms with Gasteiger partial charge in [-0.05, 0) is 56.9 Å². The smallest absolute Gasteiger partial charge is 0.188 e. The van der Waals surface area contributed by atoms with Crippen LogP contribution in [0, 0.1) is 47.3 Å². The Morgan fingerprint density at radius 2 is 1.79 bits per heavy atom. The monoisotopic (exact) mass is 743 g/mol. The Labute approximate surface area is 304 Å². The summed E-state index contributed by atoms with van der Waals surface area (Å²) in [6.07, 6.45) is -7.55. The molecule has 5 aliphatic rings. The van der Waals surface area contributed by atoms with Gasteiger partial charge in [0, 0.05) is 63.5 Å². The SMILES string of the molecule is CN=C(N)NC(CCO)C1C(C)CC2C(=O)C3C(CO)C(OC)CC(OC4OC(CO)C(O)(CCC5CCNC(N)C5)C(O)C4O)C3C(=O)C2C1O. The highest BCUT2D eigenvalue weighted by molar-refractivity contribution is 6.01. The quantitative estimate of drug-likeness (QED) is 0.0685. The zero-order valence-electron chi connectivity index (χ0n) is 30.4. The number of aliphatic hydroxyl groups is 7. The van der Waals surface area contributed by atoms with Crippen LogP contribution in [0.15, 0.2) is 4.99 Å². The molecule has 0 spiro atoms. The van der Waals surface area contributed by atoms with Gasteiger partial charge in [0.15, 0.2) is 12.2 Å². The van der Waals surface area contributed by atoms with E-state index in [0.717, 1.165) is 6.42 Å². The van der Waals surface area contributed by atoms with Gasteiger partial charge in [-0.15, -0.1) is 0 Å². The van der Waals surface area contributed by atoms with E-state index in [1.54, 1.807) is 0 Å². The van der Waals surface area contributed by atoms with Gasteiger partial charge in [0.25, 0.3) is 0 Å². The molecule has 17 heteroatoms. The first kappa shape index (κ1) is 41.3. The first-order valence-electron chi connectivity index (χ1n) is 18.7. The molecule has 0 aromatic rings. The molecule has 18 unspecified atom stereocenters. The van der Waals surface area contributed by atoms with Crippen LogP contribution in [-0.4, -0.2) is 155 Å². The lowest BCUT2D eigenvalue weighted by molar-refractivity contribution is -0.347. The van der Waals surface area contributed by atoms with Crippen LogP contribution in [0.2, 0.25) is 0 Å². The minimum absolute atomic E-state index is 0.000122. The van der Waals surface area contributed by atoms with Crippen LogP contribution in [0.4, 0.5) is 0 Å². The lowest BCUT2D eigenvalue weighted by atomic mass is 9.51. The van der Waals surface area contributed by atoms with Crippen molar-refractivity contribution in [2.24, 2.45) is 63.8 Å². The second kappa shape index (κ2) is 17.3. The third kappa shape index (κ3) is 7.79. The number of aliphatic imine (C=N–C) groups is 1. The van der Waals surface area contributed by atoms with Crippen LogP contribution in [0.1, 0.15) is 51.9 Å². The van der Waals surface area contributed by atoms with Crippen molar-refractivity contribution in [1.29, 1.82) is 0 Å². The van der Waals surface area contributed by atoms with Crippen LogP contribution in [-0.2, 0) is 23.8 Å². The fourth-order valence-corrected chi connectivity index (χ4v) is 10.2. The van der Waals surface area contributed by atoms with Crippen molar-refractivity contribution < 1.29 is 59.5 Å². The van der Waals surface area contributed by atoms with Crippen molar-refractivity contribution >= 4 is 17.5 Å². The highest BCUT2D eigenvalue weighted by atomic mass is 16.7. The Morgan fingerprint density at radius 3 is 2.40 bits per heavy atom. The number of Topliss-reactive ketones (excluding diaryl/α,β-unsaturated/α-hetero) is 2. The Bertz CT molecular complexity index is 1260. The van der Waals surface area contributed by atoms with E-state index in [1.165, 1.54) is 14.2 Å². The molecule has 5 rings (SSSR count). The number of ether oxygens (including phenoxy) is 3. The topological polar surface area (TPSA) is 292 Å². The Hall–Kier alpha value is -1.87. The van der Waals surface area contributed by atoms with Crippen LogP contribution in [0.5, 0.6) is 0 Å². The number of nitrogens with one attached hydrogen (secondary N) is 2. The molecule has 0 radical (unpaired) electrons. The zero-order valence-corrected chi connectivity index (χ0v) is 30.4. The number of ketones is 2. The molecule has 0 aromatic heterocycles. The van der Waals surface area contributed by atoms with E-state index >= 15 is 0 Å². The molecule has 2 saturated heterocycles. The third-order valence-corrected chi connectivity index (χ3v) is 13.0. The van der Waals surface area contributed by atoms with Gasteiger partial charge in [0.2, 0.25) is 0 Å². The average molecular weight is 744 g/mol.